The van der Waals surface area contributed by atoms with Gasteiger partial charge in [0.1, 0.15) is 0 Å². The number of hydrogen-bond donors (Lipinski definition) is 2. The lowest BCUT2D eigenvalue weighted by Gasteiger charge is -2.42. The zero-order chi connectivity index (χ0) is 19.0. The van der Waals surface area contributed by atoms with E-state index in [1.165, 1.54) is 16.8 Å². The first-order chi connectivity index (χ1) is 13.8. The molecular weight excluding hydrogens is 346 g/mol. The van der Waals surface area contributed by atoms with Crippen molar-refractivity contribution in [2.24, 2.45) is 5.92 Å². The van der Waals surface area contributed by atoms with E-state index in [9.17, 15) is 4.79 Å². The average molecular weight is 376 g/mol. The monoisotopic (exact) mass is 375 g/mol. The standard InChI is InChI=1S/C24H29N3O/c28-23(27-14-10-19(11-15-27)18-6-2-1-3-7-18)21-16-25-17-24(21)12-13-26-22-9-5-4-8-20(22)24/h1-9,19,21,25-26H,10-17H2/t21?,24-/m0/s1. The highest BCUT2D eigenvalue weighted by Crippen LogP contribution is 2.45. The fraction of sp³-hybridized carbons (Fsp3) is 0.458. The number of nitrogens with one attached hydrogen (secondary N) is 2. The van der Waals surface area contributed by atoms with Gasteiger partial charge < -0.3 is 15.5 Å². The maximum atomic E-state index is 13.6. The molecule has 28 heavy (non-hydrogen) atoms. The van der Waals surface area contributed by atoms with Crippen molar-refractivity contribution in [3.8, 4) is 0 Å². The second kappa shape index (κ2) is 7.25. The number of likely N-dealkylation sites (tertiary alicyclic amines) is 1. The lowest BCUT2D eigenvalue weighted by molar-refractivity contribution is -0.138. The lowest BCUT2D eigenvalue weighted by Crippen LogP contribution is -2.50. The van der Waals surface area contributed by atoms with Gasteiger partial charge in [0.05, 0.1) is 5.92 Å². The van der Waals surface area contributed by atoms with E-state index >= 15 is 0 Å². The molecule has 2 aromatic carbocycles. The number of piperidine rings is 1. The van der Waals surface area contributed by atoms with Crippen molar-refractivity contribution >= 4 is 11.6 Å². The summed E-state index contributed by atoms with van der Waals surface area (Å²) in [4.78, 5) is 15.7. The van der Waals surface area contributed by atoms with E-state index in [-0.39, 0.29) is 11.3 Å². The van der Waals surface area contributed by atoms with Crippen molar-refractivity contribution in [2.75, 3.05) is 38.0 Å². The van der Waals surface area contributed by atoms with E-state index in [0.29, 0.717) is 11.8 Å². The molecule has 3 aliphatic rings. The number of rotatable bonds is 2. The Hall–Kier alpha value is -2.33. The van der Waals surface area contributed by atoms with Crippen LogP contribution in [-0.2, 0) is 10.2 Å². The van der Waals surface area contributed by atoms with Crippen LogP contribution >= 0.6 is 0 Å². The normalized spacial score (nSPS) is 27.4. The molecule has 1 unspecified atom stereocenters. The summed E-state index contributed by atoms with van der Waals surface area (Å²) < 4.78 is 0. The number of carbonyl (C=O) groups is 1. The summed E-state index contributed by atoms with van der Waals surface area (Å²) in [5.41, 5.74) is 3.89. The zero-order valence-corrected chi connectivity index (χ0v) is 16.4. The van der Waals surface area contributed by atoms with Crippen molar-refractivity contribution in [3.05, 3.63) is 65.7 Å². The Morgan fingerprint density at radius 3 is 2.57 bits per heavy atom. The van der Waals surface area contributed by atoms with Gasteiger partial charge >= 0.3 is 0 Å². The van der Waals surface area contributed by atoms with Crippen LogP contribution in [0.1, 0.15) is 36.3 Å². The van der Waals surface area contributed by atoms with Crippen LogP contribution in [0.3, 0.4) is 0 Å². The second-order valence-corrected chi connectivity index (χ2v) is 8.57. The summed E-state index contributed by atoms with van der Waals surface area (Å²) in [7, 11) is 0. The number of anilines is 1. The molecule has 0 aromatic heterocycles. The van der Waals surface area contributed by atoms with Crippen LogP contribution in [0.15, 0.2) is 54.6 Å². The highest BCUT2D eigenvalue weighted by Gasteiger charge is 2.51. The molecule has 2 aromatic rings. The second-order valence-electron chi connectivity index (χ2n) is 8.57. The zero-order valence-electron chi connectivity index (χ0n) is 16.4. The van der Waals surface area contributed by atoms with Gasteiger partial charge in [-0.1, -0.05) is 48.5 Å². The molecule has 2 fully saturated rings. The van der Waals surface area contributed by atoms with Gasteiger partial charge in [0, 0.05) is 43.8 Å². The van der Waals surface area contributed by atoms with Gasteiger partial charge in [-0.15, -0.1) is 0 Å². The van der Waals surface area contributed by atoms with E-state index < -0.39 is 0 Å². The van der Waals surface area contributed by atoms with Crippen LogP contribution in [0.5, 0.6) is 0 Å². The molecule has 2 atom stereocenters. The highest BCUT2D eigenvalue weighted by molar-refractivity contribution is 5.82. The molecule has 1 amide bonds. The lowest BCUT2D eigenvalue weighted by atomic mass is 9.67. The van der Waals surface area contributed by atoms with Crippen molar-refractivity contribution in [1.82, 2.24) is 10.2 Å². The maximum absolute atomic E-state index is 13.6. The van der Waals surface area contributed by atoms with Crippen molar-refractivity contribution in [1.29, 1.82) is 0 Å². The molecule has 1 spiro atoms. The molecule has 3 heterocycles. The average Bonchev–Trinajstić information content (AvgIpc) is 3.18. The van der Waals surface area contributed by atoms with Crippen molar-refractivity contribution < 1.29 is 4.79 Å². The summed E-state index contributed by atoms with van der Waals surface area (Å²) in [5, 5.41) is 7.08. The third kappa shape index (κ3) is 2.91. The van der Waals surface area contributed by atoms with Crippen molar-refractivity contribution in [3.63, 3.8) is 0 Å². The van der Waals surface area contributed by atoms with Gasteiger partial charge in [-0.2, -0.15) is 0 Å². The first kappa shape index (κ1) is 17.7. The van der Waals surface area contributed by atoms with E-state index in [4.69, 9.17) is 0 Å². The van der Waals surface area contributed by atoms with Gasteiger partial charge in [0.15, 0.2) is 0 Å². The van der Waals surface area contributed by atoms with Gasteiger partial charge in [0.2, 0.25) is 5.91 Å². The first-order valence-corrected chi connectivity index (χ1v) is 10.7. The van der Waals surface area contributed by atoms with Crippen LogP contribution in [0, 0.1) is 5.92 Å². The summed E-state index contributed by atoms with van der Waals surface area (Å²) in [5.74, 6) is 0.984. The minimum atomic E-state index is -0.0603. The third-order valence-electron chi connectivity index (χ3n) is 7.18. The molecule has 3 aliphatic heterocycles. The largest absolute Gasteiger partial charge is 0.385 e. The van der Waals surface area contributed by atoms with E-state index in [1.54, 1.807) is 0 Å². The van der Waals surface area contributed by atoms with Crippen molar-refractivity contribution in [2.45, 2.75) is 30.6 Å². The molecule has 2 saturated heterocycles. The number of benzene rings is 2. The van der Waals surface area contributed by atoms with E-state index in [0.717, 1.165) is 52.0 Å². The molecule has 4 nitrogen and oxygen atoms in total. The Kier molecular flexibility index (Phi) is 4.59. The molecular formula is C24H29N3O. The summed E-state index contributed by atoms with van der Waals surface area (Å²) in [6.45, 7) is 4.41. The highest BCUT2D eigenvalue weighted by atomic mass is 16.2. The number of nitrogens with zero attached hydrogens (tertiary/aromatic N) is 1. The number of fused-ring (bicyclic) bond motifs is 2. The summed E-state index contributed by atoms with van der Waals surface area (Å²) in [6, 6.07) is 19.3. The quantitative estimate of drug-likeness (QED) is 0.846. The van der Waals surface area contributed by atoms with Gasteiger partial charge in [0.25, 0.3) is 0 Å². The van der Waals surface area contributed by atoms with E-state index in [2.05, 4.69) is 70.1 Å². The summed E-state index contributed by atoms with van der Waals surface area (Å²) in [6.07, 6.45) is 3.16. The number of hydrogen-bond acceptors (Lipinski definition) is 3. The molecule has 0 aliphatic carbocycles. The van der Waals surface area contributed by atoms with Crippen LogP contribution in [-0.4, -0.2) is 43.5 Å². The Balaban J connectivity index is 1.34. The Labute approximate surface area is 167 Å². The molecule has 5 rings (SSSR count). The molecule has 2 N–H and O–H groups in total. The maximum Gasteiger partial charge on any atom is 0.227 e. The number of para-hydroxylation sites is 1. The van der Waals surface area contributed by atoms with Crippen LogP contribution in [0.2, 0.25) is 0 Å². The molecule has 0 radical (unpaired) electrons. The molecule has 0 bridgehead atoms. The number of amides is 1. The topological polar surface area (TPSA) is 44.4 Å². The van der Waals surface area contributed by atoms with Crippen LogP contribution < -0.4 is 10.6 Å². The first-order valence-electron chi connectivity index (χ1n) is 10.7. The molecule has 0 saturated carbocycles. The Bertz CT molecular complexity index is 844. The van der Waals surface area contributed by atoms with Crippen LogP contribution in [0.4, 0.5) is 5.69 Å². The van der Waals surface area contributed by atoms with E-state index in [1.807, 2.05) is 0 Å². The predicted molar refractivity (Wildman–Crippen MR) is 113 cm³/mol. The molecule has 146 valence electrons. The minimum Gasteiger partial charge on any atom is -0.385 e. The Morgan fingerprint density at radius 2 is 1.75 bits per heavy atom. The fourth-order valence-corrected chi connectivity index (χ4v) is 5.63. The fourth-order valence-electron chi connectivity index (χ4n) is 5.63. The molecule has 4 heteroatoms. The summed E-state index contributed by atoms with van der Waals surface area (Å²) >= 11 is 0. The SMILES string of the molecule is O=C(C1CNC[C@]12CCNc1ccccc12)N1CCC(c2ccccc2)CC1. The smallest absolute Gasteiger partial charge is 0.227 e. The minimum absolute atomic E-state index is 0.0454. The third-order valence-corrected chi connectivity index (χ3v) is 7.18. The van der Waals surface area contributed by atoms with Gasteiger partial charge in [-0.25, -0.2) is 0 Å². The predicted octanol–water partition coefficient (Wildman–Crippen LogP) is 3.37. The van der Waals surface area contributed by atoms with Gasteiger partial charge in [-0.3, -0.25) is 4.79 Å². The van der Waals surface area contributed by atoms with Crippen LogP contribution in [0.25, 0.3) is 0 Å². The number of carbonyl (C=O) groups excluding carboxylic acids is 1. The van der Waals surface area contributed by atoms with Gasteiger partial charge in [-0.05, 0) is 42.4 Å². The Morgan fingerprint density at radius 1 is 1.00 bits per heavy atom.